The Morgan fingerprint density at radius 2 is 2.00 bits per heavy atom. The average molecular weight is 274 g/mol. The fraction of sp³-hybridized carbons (Fsp3) is 0.467. The predicted octanol–water partition coefficient (Wildman–Crippen LogP) is 4.21. The minimum absolute atomic E-state index is 0.177. The van der Waals surface area contributed by atoms with Crippen LogP contribution in [0.5, 0.6) is 0 Å². The van der Waals surface area contributed by atoms with Crippen LogP contribution in [0.15, 0.2) is 23.7 Å². The molecule has 3 rings (SSSR count). The van der Waals surface area contributed by atoms with E-state index in [4.69, 9.17) is 0 Å². The molecule has 0 bridgehead atoms. The Morgan fingerprint density at radius 3 is 2.79 bits per heavy atom. The van der Waals surface area contributed by atoms with Crippen LogP contribution in [0.1, 0.15) is 38.5 Å². The number of carbonyl (C=O) groups excluding carboxylic acids is 1. The fourth-order valence-corrected chi connectivity index (χ4v) is 3.38. The summed E-state index contributed by atoms with van der Waals surface area (Å²) in [7, 11) is 0. The summed E-state index contributed by atoms with van der Waals surface area (Å²) in [6, 6.07) is 5.95. The van der Waals surface area contributed by atoms with Gasteiger partial charge in [-0.25, -0.2) is 4.98 Å². The first-order valence-corrected chi connectivity index (χ1v) is 7.85. The zero-order valence-electron chi connectivity index (χ0n) is 10.9. The zero-order chi connectivity index (χ0) is 13.1. The number of aromatic nitrogens is 1. The molecule has 2 aromatic rings. The van der Waals surface area contributed by atoms with Crippen molar-refractivity contribution < 1.29 is 4.79 Å². The van der Waals surface area contributed by atoms with E-state index in [1.54, 1.807) is 11.3 Å². The molecule has 1 fully saturated rings. The second-order valence-electron chi connectivity index (χ2n) is 5.21. The SMILES string of the molecule is O=C(Nc1ccc2scnc2c1)C1CCCCCC1. The highest BCUT2D eigenvalue weighted by Gasteiger charge is 2.20. The van der Waals surface area contributed by atoms with Crippen LogP contribution < -0.4 is 5.32 Å². The van der Waals surface area contributed by atoms with Gasteiger partial charge in [0.2, 0.25) is 5.91 Å². The molecule has 0 saturated heterocycles. The van der Waals surface area contributed by atoms with E-state index in [-0.39, 0.29) is 11.8 Å². The van der Waals surface area contributed by atoms with Crippen molar-refractivity contribution in [1.82, 2.24) is 4.98 Å². The van der Waals surface area contributed by atoms with Crippen LogP contribution in [0.4, 0.5) is 5.69 Å². The number of benzene rings is 1. The van der Waals surface area contributed by atoms with Gasteiger partial charge in [-0.3, -0.25) is 4.79 Å². The highest BCUT2D eigenvalue weighted by Crippen LogP contribution is 2.25. The van der Waals surface area contributed by atoms with E-state index in [0.717, 1.165) is 28.7 Å². The van der Waals surface area contributed by atoms with E-state index in [1.807, 2.05) is 23.7 Å². The molecule has 19 heavy (non-hydrogen) atoms. The van der Waals surface area contributed by atoms with Gasteiger partial charge in [0, 0.05) is 11.6 Å². The first-order chi connectivity index (χ1) is 9.33. The summed E-state index contributed by atoms with van der Waals surface area (Å²) in [5.41, 5.74) is 3.66. The summed E-state index contributed by atoms with van der Waals surface area (Å²) in [5, 5.41) is 3.05. The molecular formula is C15H18N2OS. The third kappa shape index (κ3) is 2.95. The fourth-order valence-electron chi connectivity index (χ4n) is 2.72. The van der Waals surface area contributed by atoms with Crippen LogP contribution in [0.2, 0.25) is 0 Å². The van der Waals surface area contributed by atoms with Gasteiger partial charge in [0.15, 0.2) is 0 Å². The van der Waals surface area contributed by atoms with Crippen LogP contribution in [-0.4, -0.2) is 10.9 Å². The maximum Gasteiger partial charge on any atom is 0.227 e. The number of anilines is 1. The van der Waals surface area contributed by atoms with Gasteiger partial charge in [0.1, 0.15) is 0 Å². The Labute approximate surface area is 117 Å². The Bertz CT molecular complexity index is 570. The number of amides is 1. The summed E-state index contributed by atoms with van der Waals surface area (Å²) in [6.07, 6.45) is 6.98. The molecule has 1 amide bonds. The molecule has 4 heteroatoms. The predicted molar refractivity (Wildman–Crippen MR) is 79.4 cm³/mol. The third-order valence-electron chi connectivity index (χ3n) is 3.82. The first-order valence-electron chi connectivity index (χ1n) is 6.97. The molecule has 3 nitrogen and oxygen atoms in total. The van der Waals surface area contributed by atoms with E-state index >= 15 is 0 Å². The van der Waals surface area contributed by atoms with Gasteiger partial charge in [-0.05, 0) is 31.0 Å². The Kier molecular flexibility index (Phi) is 3.78. The van der Waals surface area contributed by atoms with E-state index in [0.29, 0.717) is 0 Å². The molecule has 1 aromatic heterocycles. The summed E-state index contributed by atoms with van der Waals surface area (Å²) in [5.74, 6) is 0.366. The largest absolute Gasteiger partial charge is 0.326 e. The van der Waals surface area contributed by atoms with Crippen molar-refractivity contribution in [2.75, 3.05) is 5.32 Å². The molecule has 100 valence electrons. The van der Waals surface area contributed by atoms with Crippen LogP contribution in [-0.2, 0) is 4.79 Å². The number of fused-ring (bicyclic) bond motifs is 1. The number of hydrogen-bond acceptors (Lipinski definition) is 3. The van der Waals surface area contributed by atoms with Crippen molar-refractivity contribution in [2.24, 2.45) is 5.92 Å². The van der Waals surface area contributed by atoms with E-state index in [1.165, 1.54) is 25.7 Å². The molecule has 0 radical (unpaired) electrons. The maximum absolute atomic E-state index is 12.3. The molecular weight excluding hydrogens is 256 g/mol. The van der Waals surface area contributed by atoms with Crippen molar-refractivity contribution in [3.63, 3.8) is 0 Å². The highest BCUT2D eigenvalue weighted by molar-refractivity contribution is 7.16. The van der Waals surface area contributed by atoms with Crippen LogP contribution in [0.3, 0.4) is 0 Å². The van der Waals surface area contributed by atoms with Gasteiger partial charge in [0.25, 0.3) is 0 Å². The molecule has 1 aromatic carbocycles. The maximum atomic E-state index is 12.3. The highest BCUT2D eigenvalue weighted by atomic mass is 32.1. The van der Waals surface area contributed by atoms with Crippen molar-refractivity contribution >= 4 is 33.1 Å². The molecule has 1 aliphatic rings. The van der Waals surface area contributed by atoms with Gasteiger partial charge in [-0.2, -0.15) is 0 Å². The molecule has 0 atom stereocenters. The van der Waals surface area contributed by atoms with Crippen molar-refractivity contribution in [2.45, 2.75) is 38.5 Å². The minimum Gasteiger partial charge on any atom is -0.326 e. The lowest BCUT2D eigenvalue weighted by atomic mass is 9.99. The summed E-state index contributed by atoms with van der Waals surface area (Å²) >= 11 is 1.62. The van der Waals surface area contributed by atoms with Gasteiger partial charge < -0.3 is 5.32 Å². The van der Waals surface area contributed by atoms with Gasteiger partial charge in [-0.15, -0.1) is 11.3 Å². The molecule has 0 unspecified atom stereocenters. The summed E-state index contributed by atoms with van der Waals surface area (Å²) < 4.78 is 1.16. The number of nitrogens with zero attached hydrogens (tertiary/aromatic N) is 1. The molecule has 1 aliphatic carbocycles. The smallest absolute Gasteiger partial charge is 0.227 e. The minimum atomic E-state index is 0.177. The second kappa shape index (κ2) is 5.70. The normalized spacial score (nSPS) is 17.3. The number of nitrogens with one attached hydrogen (secondary N) is 1. The van der Waals surface area contributed by atoms with Crippen LogP contribution >= 0.6 is 11.3 Å². The number of carbonyl (C=O) groups is 1. The molecule has 0 spiro atoms. The Balaban J connectivity index is 1.70. The van der Waals surface area contributed by atoms with Gasteiger partial charge in [0.05, 0.1) is 15.7 Å². The second-order valence-corrected chi connectivity index (χ2v) is 6.10. The standard InChI is InChI=1S/C15H18N2OS/c18-15(11-5-3-1-2-4-6-11)17-12-7-8-14-13(9-12)16-10-19-14/h7-11H,1-6H2,(H,17,18). The monoisotopic (exact) mass is 274 g/mol. The quantitative estimate of drug-likeness (QED) is 0.834. The lowest BCUT2D eigenvalue weighted by molar-refractivity contribution is -0.120. The van der Waals surface area contributed by atoms with Crippen LogP contribution in [0.25, 0.3) is 10.2 Å². The van der Waals surface area contributed by atoms with Gasteiger partial charge in [-0.1, -0.05) is 25.7 Å². The lowest BCUT2D eigenvalue weighted by Gasteiger charge is -2.14. The number of rotatable bonds is 2. The average Bonchev–Trinajstić information content (AvgIpc) is 2.71. The summed E-state index contributed by atoms with van der Waals surface area (Å²) in [6.45, 7) is 0. The zero-order valence-corrected chi connectivity index (χ0v) is 11.7. The van der Waals surface area contributed by atoms with E-state index < -0.39 is 0 Å². The van der Waals surface area contributed by atoms with E-state index in [2.05, 4.69) is 10.3 Å². The van der Waals surface area contributed by atoms with Crippen molar-refractivity contribution in [1.29, 1.82) is 0 Å². The van der Waals surface area contributed by atoms with Crippen molar-refractivity contribution in [3.8, 4) is 0 Å². The molecule has 1 heterocycles. The number of thiazole rings is 1. The van der Waals surface area contributed by atoms with Crippen LogP contribution in [0, 0.1) is 5.92 Å². The van der Waals surface area contributed by atoms with E-state index in [9.17, 15) is 4.79 Å². The third-order valence-corrected chi connectivity index (χ3v) is 4.63. The summed E-state index contributed by atoms with van der Waals surface area (Å²) in [4.78, 5) is 16.5. The topological polar surface area (TPSA) is 42.0 Å². The Hall–Kier alpha value is -1.42. The lowest BCUT2D eigenvalue weighted by Crippen LogP contribution is -2.22. The molecule has 1 N–H and O–H groups in total. The van der Waals surface area contributed by atoms with Crippen molar-refractivity contribution in [3.05, 3.63) is 23.7 Å². The molecule has 0 aliphatic heterocycles. The first kappa shape index (κ1) is 12.6. The molecule has 1 saturated carbocycles. The van der Waals surface area contributed by atoms with Gasteiger partial charge >= 0.3 is 0 Å². The number of hydrogen-bond donors (Lipinski definition) is 1. The Morgan fingerprint density at radius 1 is 1.21 bits per heavy atom.